The number of fused-ring (bicyclic) bond motifs is 2. The summed E-state index contributed by atoms with van der Waals surface area (Å²) < 4.78 is 11.0. The van der Waals surface area contributed by atoms with E-state index in [2.05, 4.69) is 74.7 Å². The Balaban J connectivity index is 0.000000166. The number of carboxylic acids is 1. The number of aromatic nitrogens is 8. The lowest BCUT2D eigenvalue weighted by Crippen LogP contribution is -2.26. The van der Waals surface area contributed by atoms with Gasteiger partial charge in [0.05, 0.1) is 59.8 Å². The number of benzene rings is 2. The molecule has 63 heavy (non-hydrogen) atoms. The van der Waals surface area contributed by atoms with E-state index in [0.29, 0.717) is 62.3 Å². The maximum Gasteiger partial charge on any atom is 0.356 e. The minimum atomic E-state index is -1.16. The maximum atomic E-state index is 12.6. The van der Waals surface area contributed by atoms with Crippen molar-refractivity contribution >= 4 is 31.3 Å². The highest BCUT2D eigenvalue weighted by Gasteiger charge is 2.36. The number of hydrogen-bond donors (Lipinski definition) is 4. The van der Waals surface area contributed by atoms with Crippen LogP contribution in [-0.2, 0) is 50.2 Å². The number of aromatic amines is 1. The third kappa shape index (κ3) is 12.4. The summed E-state index contributed by atoms with van der Waals surface area (Å²) in [6, 6.07) is 25.9. The van der Waals surface area contributed by atoms with Crippen LogP contribution in [0, 0.1) is 33.5 Å². The molecule has 0 aliphatic heterocycles. The number of nitriles is 2. The lowest BCUT2D eigenvalue weighted by atomic mass is 9.76. The van der Waals surface area contributed by atoms with E-state index >= 15 is 0 Å². The number of hydrogen-bond acceptors (Lipinski definition) is 10. The first kappa shape index (κ1) is 45.7. The molecule has 0 saturated carbocycles. The van der Waals surface area contributed by atoms with Crippen LogP contribution in [0.5, 0.6) is 0 Å². The number of nitrogens with one attached hydrogen (secondary N) is 2. The highest BCUT2D eigenvalue weighted by Crippen LogP contribution is 2.37. The Morgan fingerprint density at radius 2 is 1.46 bits per heavy atom. The first-order valence-electron chi connectivity index (χ1n) is 21.0. The van der Waals surface area contributed by atoms with Gasteiger partial charge in [0.25, 0.3) is 5.91 Å². The van der Waals surface area contributed by atoms with Gasteiger partial charge in [-0.05, 0) is 56.7 Å². The fourth-order valence-corrected chi connectivity index (χ4v) is 8.20. The number of carbonyl (C=O) groups excluding carboxylic acids is 1. The van der Waals surface area contributed by atoms with E-state index in [1.54, 1.807) is 28.0 Å². The summed E-state index contributed by atoms with van der Waals surface area (Å²) >= 11 is 0. The summed E-state index contributed by atoms with van der Waals surface area (Å²) in [5.41, 5.74) is 12.3. The van der Waals surface area contributed by atoms with Crippen molar-refractivity contribution in [1.82, 2.24) is 39.5 Å². The van der Waals surface area contributed by atoms with E-state index in [-0.39, 0.29) is 18.3 Å². The van der Waals surface area contributed by atoms with E-state index < -0.39 is 24.9 Å². The number of rotatable bonds is 12. The average molecular weight is 869 g/mol. The number of carbonyl (C=O) groups is 2. The van der Waals surface area contributed by atoms with Gasteiger partial charge in [-0.1, -0.05) is 80.3 Å². The van der Waals surface area contributed by atoms with Gasteiger partial charge in [0.1, 0.15) is 6.73 Å². The van der Waals surface area contributed by atoms with Crippen molar-refractivity contribution in [1.29, 1.82) is 10.5 Å². The zero-order chi connectivity index (χ0) is 45.2. The number of H-pyrrole nitrogens is 1. The largest absolute Gasteiger partial charge is 0.476 e. The van der Waals surface area contributed by atoms with Gasteiger partial charge in [0.2, 0.25) is 0 Å². The third-order valence-electron chi connectivity index (χ3n) is 11.2. The topological polar surface area (TPSA) is 231 Å². The SMILES string of the molecule is CC1(C#N)CCc2c(C(=O)Nc3cnn(Cc4ccccc4)c3)n[nH]c2C1.CC1(C#N)CCc2c(C(=O)O)nn(COCC[Si](C)(C)C)c2C1.Nc1cnn(Cc2ccccc2)c1. The van der Waals surface area contributed by atoms with Crippen molar-refractivity contribution in [3.05, 3.63) is 130 Å². The number of anilines is 2. The van der Waals surface area contributed by atoms with Crippen LogP contribution in [0.4, 0.5) is 11.4 Å². The van der Waals surface area contributed by atoms with Crippen LogP contribution in [0.1, 0.15) is 81.3 Å². The van der Waals surface area contributed by atoms with Crippen molar-refractivity contribution in [2.45, 2.75) is 97.9 Å². The number of nitrogens with two attached hydrogens (primary N) is 1. The van der Waals surface area contributed by atoms with Gasteiger partial charge in [-0.25, -0.2) is 9.48 Å². The molecule has 4 heterocycles. The number of nitrogens with zero attached hydrogens (tertiary/aromatic N) is 9. The zero-order valence-corrected chi connectivity index (χ0v) is 37.6. The van der Waals surface area contributed by atoms with Gasteiger partial charge in [0.15, 0.2) is 11.4 Å². The van der Waals surface area contributed by atoms with E-state index in [9.17, 15) is 25.2 Å². The molecular formula is C46H56N12O4Si. The Morgan fingerprint density at radius 1 is 0.873 bits per heavy atom. The number of amides is 1. The van der Waals surface area contributed by atoms with Crippen molar-refractivity contribution < 1.29 is 19.4 Å². The summed E-state index contributed by atoms with van der Waals surface area (Å²) in [5.74, 6) is -1.27. The molecular weight excluding hydrogens is 813 g/mol. The fraction of sp³-hybridized carbons (Fsp3) is 0.391. The number of aromatic carboxylic acids is 1. The molecule has 17 heteroatoms. The summed E-state index contributed by atoms with van der Waals surface area (Å²) in [5, 5.41) is 50.7. The molecule has 328 valence electrons. The molecule has 6 aromatic rings. The molecule has 8 rings (SSSR count). The second-order valence-corrected chi connectivity index (χ2v) is 23.6. The smallest absolute Gasteiger partial charge is 0.356 e. The first-order chi connectivity index (χ1) is 30.1. The van der Waals surface area contributed by atoms with Gasteiger partial charge in [-0.3, -0.25) is 19.3 Å². The van der Waals surface area contributed by atoms with Gasteiger partial charge in [-0.2, -0.15) is 30.9 Å². The standard InChI is InChI=1S/C20H20N6O.C16H25N3O3Si.C10H11N3/c1-20(13-21)8-7-16-17(9-20)24-25-18(16)19(27)23-15-10-22-26(12-15)11-14-5-3-2-4-6-14;1-16(10-17)6-5-12-13(9-16)19(18-14(12)15(20)21)11-22-7-8-23(2,3)4;11-10-6-12-13(8-10)7-9-4-2-1-3-5-9/h2-6,10,12H,7-9,11H2,1H3,(H,23,27)(H,24,25);5-9,11H2,1-4H3,(H,20,21);1-6,8H,7,11H2. The highest BCUT2D eigenvalue weighted by molar-refractivity contribution is 6.76. The van der Waals surface area contributed by atoms with Crippen LogP contribution in [0.25, 0.3) is 0 Å². The quantitative estimate of drug-likeness (QED) is 0.0701. The average Bonchev–Trinajstić information content (AvgIpc) is 4.07. The molecule has 0 spiro atoms. The Morgan fingerprint density at radius 3 is 2.03 bits per heavy atom. The van der Waals surface area contributed by atoms with E-state index in [1.807, 2.05) is 73.3 Å². The zero-order valence-electron chi connectivity index (χ0n) is 36.6. The Labute approximate surface area is 368 Å². The Kier molecular flexibility index (Phi) is 14.4. The molecule has 4 aromatic heterocycles. The fourth-order valence-electron chi connectivity index (χ4n) is 7.45. The summed E-state index contributed by atoms with van der Waals surface area (Å²) in [4.78, 5) is 24.1. The molecule has 5 N–H and O–H groups in total. The van der Waals surface area contributed by atoms with Gasteiger partial charge in [0, 0.05) is 62.4 Å². The minimum Gasteiger partial charge on any atom is -0.476 e. The Bertz CT molecular complexity index is 2580. The molecule has 16 nitrogen and oxygen atoms in total. The molecule has 2 aromatic carbocycles. The molecule has 2 unspecified atom stereocenters. The van der Waals surface area contributed by atoms with Crippen molar-refractivity contribution in [2.75, 3.05) is 17.7 Å². The molecule has 0 saturated heterocycles. The molecule has 1 amide bonds. The second-order valence-electron chi connectivity index (χ2n) is 18.0. The Hall–Kier alpha value is -6.82. The third-order valence-corrected chi connectivity index (χ3v) is 12.9. The first-order valence-corrected chi connectivity index (χ1v) is 24.7. The molecule has 0 radical (unpaired) electrons. The summed E-state index contributed by atoms with van der Waals surface area (Å²) in [6.45, 7) is 13.0. The van der Waals surface area contributed by atoms with Gasteiger partial charge >= 0.3 is 5.97 Å². The monoisotopic (exact) mass is 868 g/mol. The van der Waals surface area contributed by atoms with Crippen LogP contribution in [0.15, 0.2) is 85.5 Å². The molecule has 0 fully saturated rings. The molecule has 2 aliphatic rings. The summed E-state index contributed by atoms with van der Waals surface area (Å²) in [6.07, 6.45) is 10.7. The predicted molar refractivity (Wildman–Crippen MR) is 241 cm³/mol. The van der Waals surface area contributed by atoms with Crippen LogP contribution in [-0.4, -0.2) is 71.2 Å². The van der Waals surface area contributed by atoms with E-state index in [1.165, 1.54) is 5.56 Å². The predicted octanol–water partition coefficient (Wildman–Crippen LogP) is 7.35. The molecule has 2 atom stereocenters. The minimum absolute atomic E-state index is 0.105. The lowest BCUT2D eigenvalue weighted by molar-refractivity contribution is 0.0667. The number of carboxylic acid groups (broad SMARTS) is 1. The van der Waals surface area contributed by atoms with Crippen LogP contribution >= 0.6 is 0 Å². The van der Waals surface area contributed by atoms with Crippen LogP contribution < -0.4 is 11.1 Å². The maximum absolute atomic E-state index is 12.6. The second kappa shape index (κ2) is 19.9. The van der Waals surface area contributed by atoms with Crippen molar-refractivity contribution in [3.8, 4) is 12.1 Å². The van der Waals surface area contributed by atoms with E-state index in [0.717, 1.165) is 47.1 Å². The molecule has 2 aliphatic carbocycles. The molecule has 0 bridgehead atoms. The highest BCUT2D eigenvalue weighted by atomic mass is 28.3. The van der Waals surface area contributed by atoms with Crippen molar-refractivity contribution in [3.63, 3.8) is 0 Å². The lowest BCUT2D eigenvalue weighted by Gasteiger charge is -2.27. The van der Waals surface area contributed by atoms with Crippen LogP contribution in [0.3, 0.4) is 0 Å². The summed E-state index contributed by atoms with van der Waals surface area (Å²) in [7, 11) is -1.16. The van der Waals surface area contributed by atoms with Crippen molar-refractivity contribution in [2.24, 2.45) is 10.8 Å². The van der Waals surface area contributed by atoms with E-state index in [4.69, 9.17) is 10.5 Å². The normalized spacial score (nSPS) is 17.6. The number of ether oxygens (including phenoxy) is 1. The van der Waals surface area contributed by atoms with Gasteiger partial charge in [-0.15, -0.1) is 0 Å². The number of nitrogen functional groups attached to an aromatic ring is 1. The van der Waals surface area contributed by atoms with Crippen LogP contribution in [0.2, 0.25) is 25.7 Å². The van der Waals surface area contributed by atoms with Gasteiger partial charge < -0.3 is 20.9 Å².